The van der Waals surface area contributed by atoms with Crippen LogP contribution in [0.1, 0.15) is 41.0 Å². The molecular formula is C14H13F2NO3. The number of hydrogen-bond donors (Lipinski definition) is 1. The molecule has 0 aromatic heterocycles. The molecule has 1 heterocycles. The number of carbonyl (C=O) groups excluding carboxylic acids is 2. The Morgan fingerprint density at radius 2 is 1.60 bits per heavy atom. The molecule has 4 nitrogen and oxygen atoms in total. The average Bonchev–Trinajstić information content (AvgIpc) is 2.61. The van der Waals surface area contributed by atoms with E-state index in [1.54, 1.807) is 13.8 Å². The van der Waals surface area contributed by atoms with E-state index < -0.39 is 41.0 Å². The van der Waals surface area contributed by atoms with Crippen LogP contribution >= 0.6 is 0 Å². The molecule has 106 valence electrons. The molecule has 1 aromatic rings. The van der Waals surface area contributed by atoms with Gasteiger partial charge in [-0.15, -0.1) is 0 Å². The first-order valence-electron chi connectivity index (χ1n) is 6.30. The van der Waals surface area contributed by atoms with Crippen LogP contribution in [0.5, 0.6) is 0 Å². The molecule has 1 aromatic carbocycles. The summed E-state index contributed by atoms with van der Waals surface area (Å²) in [5, 5.41) is 9.71. The number of halogens is 2. The van der Waals surface area contributed by atoms with Crippen LogP contribution in [0, 0.1) is 17.0 Å². The Labute approximate surface area is 114 Å². The van der Waals surface area contributed by atoms with E-state index in [-0.39, 0.29) is 17.5 Å². The van der Waals surface area contributed by atoms with E-state index in [9.17, 15) is 23.5 Å². The zero-order valence-corrected chi connectivity index (χ0v) is 11.0. The molecule has 1 N–H and O–H groups in total. The van der Waals surface area contributed by atoms with Gasteiger partial charge in [-0.2, -0.15) is 0 Å². The minimum Gasteiger partial charge on any atom is -0.392 e. The van der Waals surface area contributed by atoms with Crippen LogP contribution in [0.15, 0.2) is 12.1 Å². The Morgan fingerprint density at radius 3 is 1.95 bits per heavy atom. The Hall–Kier alpha value is -1.82. The van der Waals surface area contributed by atoms with E-state index >= 15 is 0 Å². The number of rotatable bonds is 1. The zero-order chi connectivity index (χ0) is 14.8. The largest absolute Gasteiger partial charge is 0.392 e. The fourth-order valence-corrected chi connectivity index (χ4v) is 2.85. The lowest BCUT2D eigenvalue weighted by Crippen LogP contribution is -2.62. The number of nitrogens with zero attached hydrogens (tertiary/aromatic N) is 1. The Kier molecular flexibility index (Phi) is 2.54. The van der Waals surface area contributed by atoms with Gasteiger partial charge in [0.05, 0.1) is 23.3 Å². The van der Waals surface area contributed by atoms with Crippen molar-refractivity contribution in [2.45, 2.75) is 32.4 Å². The van der Waals surface area contributed by atoms with E-state index in [1.807, 2.05) is 0 Å². The number of amides is 2. The van der Waals surface area contributed by atoms with Crippen molar-refractivity contribution in [2.24, 2.45) is 5.41 Å². The SMILES string of the molecule is CC1(C)C(O)CC1N1C(=O)c2cc(F)c(F)cc2C1=O. The third-order valence-electron chi connectivity index (χ3n) is 4.43. The molecule has 2 aliphatic rings. The van der Waals surface area contributed by atoms with Gasteiger partial charge in [0, 0.05) is 5.41 Å². The van der Waals surface area contributed by atoms with Crippen molar-refractivity contribution in [2.75, 3.05) is 0 Å². The molecule has 3 rings (SSSR count). The summed E-state index contributed by atoms with van der Waals surface area (Å²) >= 11 is 0. The second-order valence-electron chi connectivity index (χ2n) is 5.88. The lowest BCUT2D eigenvalue weighted by atomic mass is 9.64. The van der Waals surface area contributed by atoms with Gasteiger partial charge in [0.15, 0.2) is 11.6 Å². The molecule has 0 spiro atoms. The minimum absolute atomic E-state index is 0.119. The number of fused-ring (bicyclic) bond motifs is 1. The highest BCUT2D eigenvalue weighted by Crippen LogP contribution is 2.46. The van der Waals surface area contributed by atoms with E-state index in [0.717, 1.165) is 17.0 Å². The highest BCUT2D eigenvalue weighted by molar-refractivity contribution is 6.21. The Morgan fingerprint density at radius 1 is 1.15 bits per heavy atom. The molecule has 1 fully saturated rings. The normalized spacial score (nSPS) is 27.6. The average molecular weight is 281 g/mol. The van der Waals surface area contributed by atoms with Crippen LogP contribution in [0.25, 0.3) is 0 Å². The van der Waals surface area contributed by atoms with Crippen molar-refractivity contribution in [3.63, 3.8) is 0 Å². The van der Waals surface area contributed by atoms with Crippen molar-refractivity contribution in [3.8, 4) is 0 Å². The molecule has 2 amide bonds. The second kappa shape index (κ2) is 3.85. The third kappa shape index (κ3) is 1.48. The fraction of sp³-hybridized carbons (Fsp3) is 0.429. The van der Waals surface area contributed by atoms with Crippen molar-refractivity contribution in [1.29, 1.82) is 0 Å². The molecule has 1 saturated carbocycles. The molecule has 6 heteroatoms. The number of aliphatic hydroxyl groups is 1. The van der Waals surface area contributed by atoms with Gasteiger partial charge in [0.25, 0.3) is 11.8 Å². The summed E-state index contributed by atoms with van der Waals surface area (Å²) in [4.78, 5) is 25.5. The number of carbonyl (C=O) groups is 2. The van der Waals surface area contributed by atoms with E-state index in [1.165, 1.54) is 0 Å². The fourth-order valence-electron chi connectivity index (χ4n) is 2.85. The van der Waals surface area contributed by atoms with Gasteiger partial charge in [0.2, 0.25) is 0 Å². The van der Waals surface area contributed by atoms with E-state index in [2.05, 4.69) is 0 Å². The number of aliphatic hydroxyl groups excluding tert-OH is 1. The first-order chi connectivity index (χ1) is 9.25. The van der Waals surface area contributed by atoms with Crippen LogP contribution in [0.2, 0.25) is 0 Å². The lowest BCUT2D eigenvalue weighted by molar-refractivity contribution is -0.0988. The third-order valence-corrected chi connectivity index (χ3v) is 4.43. The summed E-state index contributed by atoms with van der Waals surface area (Å²) in [6.07, 6.45) is -0.325. The first kappa shape index (κ1) is 13.2. The summed E-state index contributed by atoms with van der Waals surface area (Å²) in [7, 11) is 0. The minimum atomic E-state index is -1.15. The number of hydrogen-bond acceptors (Lipinski definition) is 3. The van der Waals surface area contributed by atoms with Crippen LogP contribution in [0.3, 0.4) is 0 Å². The predicted molar refractivity (Wildman–Crippen MR) is 65.1 cm³/mol. The molecule has 2 atom stereocenters. The van der Waals surface area contributed by atoms with Crippen LogP contribution < -0.4 is 0 Å². The van der Waals surface area contributed by atoms with E-state index in [0.29, 0.717) is 0 Å². The van der Waals surface area contributed by atoms with Gasteiger partial charge < -0.3 is 5.11 Å². The zero-order valence-electron chi connectivity index (χ0n) is 11.0. The molecule has 1 aliphatic carbocycles. The quantitative estimate of drug-likeness (QED) is 0.797. The molecule has 0 bridgehead atoms. The standard InChI is InChI=1S/C14H13F2NO3/c1-14(2)10(5-11(14)18)17-12(19)6-3-8(15)9(16)4-7(6)13(17)20/h3-4,10-11,18H,5H2,1-2H3. The monoisotopic (exact) mass is 281 g/mol. The summed E-state index contributed by atoms with van der Waals surface area (Å²) < 4.78 is 26.4. The molecule has 1 aliphatic heterocycles. The number of imide groups is 1. The maximum absolute atomic E-state index is 13.2. The molecule has 2 unspecified atom stereocenters. The second-order valence-corrected chi connectivity index (χ2v) is 5.88. The molecule has 0 radical (unpaired) electrons. The summed E-state index contributed by atoms with van der Waals surface area (Å²) in [6.45, 7) is 3.49. The topological polar surface area (TPSA) is 57.6 Å². The molecule has 20 heavy (non-hydrogen) atoms. The molecule has 0 saturated heterocycles. The summed E-state index contributed by atoms with van der Waals surface area (Å²) in [5.74, 6) is -3.57. The van der Waals surface area contributed by atoms with Crippen molar-refractivity contribution in [1.82, 2.24) is 4.90 Å². The Balaban J connectivity index is 2.03. The van der Waals surface area contributed by atoms with E-state index in [4.69, 9.17) is 0 Å². The smallest absolute Gasteiger partial charge is 0.261 e. The Bertz CT molecular complexity index is 601. The first-order valence-corrected chi connectivity index (χ1v) is 6.30. The maximum atomic E-state index is 13.2. The van der Waals surface area contributed by atoms with Crippen LogP contribution in [-0.2, 0) is 0 Å². The van der Waals surface area contributed by atoms with Crippen molar-refractivity contribution in [3.05, 3.63) is 34.9 Å². The maximum Gasteiger partial charge on any atom is 0.261 e. The van der Waals surface area contributed by atoms with Gasteiger partial charge in [-0.25, -0.2) is 8.78 Å². The van der Waals surface area contributed by atoms with Gasteiger partial charge in [-0.05, 0) is 18.6 Å². The predicted octanol–water partition coefficient (Wildman–Crippen LogP) is 1.72. The number of benzene rings is 1. The van der Waals surface area contributed by atoms with Crippen LogP contribution in [-0.4, -0.2) is 34.0 Å². The van der Waals surface area contributed by atoms with Gasteiger partial charge in [0.1, 0.15) is 0 Å². The summed E-state index contributed by atoms with van der Waals surface area (Å²) in [6, 6.07) is 1.05. The van der Waals surface area contributed by atoms with Crippen molar-refractivity contribution < 1.29 is 23.5 Å². The molecular weight excluding hydrogens is 268 g/mol. The highest BCUT2D eigenvalue weighted by atomic mass is 19.2. The van der Waals surface area contributed by atoms with Gasteiger partial charge in [-0.3, -0.25) is 14.5 Å². The highest BCUT2D eigenvalue weighted by Gasteiger charge is 2.55. The lowest BCUT2D eigenvalue weighted by Gasteiger charge is -2.52. The van der Waals surface area contributed by atoms with Gasteiger partial charge in [-0.1, -0.05) is 13.8 Å². The van der Waals surface area contributed by atoms with Gasteiger partial charge >= 0.3 is 0 Å². The van der Waals surface area contributed by atoms with Crippen molar-refractivity contribution >= 4 is 11.8 Å². The van der Waals surface area contributed by atoms with Crippen LogP contribution in [0.4, 0.5) is 8.78 Å². The summed E-state index contributed by atoms with van der Waals surface area (Å²) in [5.41, 5.74) is -0.859.